The Morgan fingerprint density at radius 3 is 2.48 bits per heavy atom. The molecule has 1 heteroatoms. The molecule has 0 fully saturated rings. The Kier molecular flexibility index (Phi) is 3.24. The van der Waals surface area contributed by atoms with Gasteiger partial charge in [-0.15, -0.1) is 0 Å². The van der Waals surface area contributed by atoms with E-state index in [9.17, 15) is 0 Å². The van der Waals surface area contributed by atoms with E-state index in [0.717, 1.165) is 17.3 Å². The van der Waals surface area contributed by atoms with Gasteiger partial charge in [-0.2, -0.15) is 0 Å². The maximum Gasteiger partial charge on any atom is 0.0254 e. The number of fused-ring (bicyclic) bond motifs is 1. The molecule has 4 aromatic carbocycles. The van der Waals surface area contributed by atoms with Crippen LogP contribution in [0.2, 0.25) is 0 Å². The molecule has 0 amide bonds. The first-order chi connectivity index (χ1) is 13.3. The Hall–Kier alpha value is -2.64. The number of allylic oxidation sites excluding steroid dienone is 3. The van der Waals surface area contributed by atoms with Gasteiger partial charge < -0.3 is 0 Å². The lowest BCUT2D eigenvalue weighted by Gasteiger charge is -2.25. The van der Waals surface area contributed by atoms with E-state index in [-0.39, 0.29) is 0 Å². The molecule has 2 aliphatic carbocycles. The summed E-state index contributed by atoms with van der Waals surface area (Å²) in [6, 6.07) is 22.3. The monoisotopic (exact) mass is 408 g/mol. The van der Waals surface area contributed by atoms with Crippen molar-refractivity contribution in [2.45, 2.75) is 12.8 Å². The maximum absolute atomic E-state index is 3.72. The molecule has 0 atom stereocenters. The van der Waals surface area contributed by atoms with Crippen molar-refractivity contribution in [3.05, 3.63) is 94.0 Å². The molecule has 0 N–H and O–H groups in total. The van der Waals surface area contributed by atoms with Crippen LogP contribution in [0.5, 0.6) is 0 Å². The number of benzene rings is 4. The van der Waals surface area contributed by atoms with Gasteiger partial charge in [-0.25, -0.2) is 0 Å². The first kappa shape index (κ1) is 15.4. The highest BCUT2D eigenvalue weighted by molar-refractivity contribution is 9.10. The zero-order valence-electron chi connectivity index (χ0n) is 14.8. The molecule has 0 unspecified atom stereocenters. The SMILES string of the molecule is Brc1ccc(-c2ccc3ccc4c5c3c2CC=C5CC=C4)c2ccccc12. The summed E-state index contributed by atoms with van der Waals surface area (Å²) in [5, 5.41) is 5.39. The average molecular weight is 409 g/mol. The minimum atomic E-state index is 1.01. The Bertz CT molecular complexity index is 1320. The van der Waals surface area contributed by atoms with Gasteiger partial charge in [-0.1, -0.05) is 88.8 Å². The minimum Gasteiger partial charge on any atom is -0.0795 e. The van der Waals surface area contributed by atoms with Crippen molar-refractivity contribution in [3.63, 3.8) is 0 Å². The molecule has 4 aromatic rings. The van der Waals surface area contributed by atoms with Crippen LogP contribution < -0.4 is 0 Å². The van der Waals surface area contributed by atoms with Crippen LogP contribution in [0, 0.1) is 0 Å². The van der Waals surface area contributed by atoms with Crippen LogP contribution in [0.3, 0.4) is 0 Å². The fourth-order valence-electron chi connectivity index (χ4n) is 4.78. The van der Waals surface area contributed by atoms with Crippen molar-refractivity contribution in [1.29, 1.82) is 0 Å². The summed E-state index contributed by atoms with van der Waals surface area (Å²) in [6.07, 6.45) is 9.07. The fraction of sp³-hybridized carbons (Fsp3) is 0.0769. The Morgan fingerprint density at radius 1 is 0.741 bits per heavy atom. The van der Waals surface area contributed by atoms with Crippen LogP contribution in [-0.2, 0) is 6.42 Å². The van der Waals surface area contributed by atoms with Crippen LogP contribution in [0.4, 0.5) is 0 Å². The van der Waals surface area contributed by atoms with E-state index in [1.165, 1.54) is 54.9 Å². The van der Waals surface area contributed by atoms with Gasteiger partial charge in [-0.3, -0.25) is 0 Å². The third-order valence-electron chi connectivity index (χ3n) is 6.00. The predicted molar refractivity (Wildman–Crippen MR) is 120 cm³/mol. The molecule has 0 heterocycles. The molecular weight excluding hydrogens is 392 g/mol. The highest BCUT2D eigenvalue weighted by Gasteiger charge is 2.22. The third-order valence-corrected chi connectivity index (χ3v) is 6.69. The molecule has 0 saturated heterocycles. The molecule has 0 bridgehead atoms. The second kappa shape index (κ2) is 5.68. The number of hydrogen-bond acceptors (Lipinski definition) is 0. The molecule has 0 radical (unpaired) electrons. The highest BCUT2D eigenvalue weighted by atomic mass is 79.9. The highest BCUT2D eigenvalue weighted by Crippen LogP contribution is 2.44. The standard InChI is InChI=1S/C26H17Br/c27-24-15-14-20(19-6-1-2-7-22(19)24)21-12-10-18-9-8-16-4-3-5-17-11-13-23(21)26(18)25(16)17/h1-4,6-12,14-15H,5,13H2. The second-order valence-electron chi connectivity index (χ2n) is 7.40. The topological polar surface area (TPSA) is 0 Å². The first-order valence-electron chi connectivity index (χ1n) is 9.43. The number of hydrogen-bond donors (Lipinski definition) is 0. The van der Waals surface area contributed by atoms with E-state index in [4.69, 9.17) is 0 Å². The lowest BCUT2D eigenvalue weighted by atomic mass is 9.79. The Morgan fingerprint density at radius 2 is 1.56 bits per heavy atom. The smallest absolute Gasteiger partial charge is 0.0254 e. The summed E-state index contributed by atoms with van der Waals surface area (Å²) in [4.78, 5) is 0. The van der Waals surface area contributed by atoms with Gasteiger partial charge in [0.15, 0.2) is 0 Å². The van der Waals surface area contributed by atoms with E-state index in [1.807, 2.05) is 0 Å². The first-order valence-corrected chi connectivity index (χ1v) is 10.2. The van der Waals surface area contributed by atoms with Gasteiger partial charge in [0.05, 0.1) is 0 Å². The van der Waals surface area contributed by atoms with Crippen LogP contribution >= 0.6 is 15.9 Å². The van der Waals surface area contributed by atoms with E-state index < -0.39 is 0 Å². The van der Waals surface area contributed by atoms with Crippen molar-refractivity contribution in [1.82, 2.24) is 0 Å². The summed E-state index contributed by atoms with van der Waals surface area (Å²) in [6.45, 7) is 0. The molecule has 0 aromatic heterocycles. The molecule has 0 nitrogen and oxygen atoms in total. The average Bonchev–Trinajstić information content (AvgIpc) is 2.73. The summed E-state index contributed by atoms with van der Waals surface area (Å²) in [5.74, 6) is 0. The fourth-order valence-corrected chi connectivity index (χ4v) is 5.26. The molecular formula is C26H17Br. The van der Waals surface area contributed by atoms with Crippen molar-refractivity contribution >= 4 is 49.1 Å². The lowest BCUT2D eigenvalue weighted by Crippen LogP contribution is -2.04. The normalized spacial score (nSPS) is 14.6. The van der Waals surface area contributed by atoms with Crippen molar-refractivity contribution in [3.8, 4) is 11.1 Å². The van der Waals surface area contributed by atoms with E-state index >= 15 is 0 Å². The number of rotatable bonds is 1. The minimum absolute atomic E-state index is 1.01. The lowest BCUT2D eigenvalue weighted by molar-refractivity contribution is 1.23. The van der Waals surface area contributed by atoms with Crippen LogP contribution in [0.15, 0.2) is 77.3 Å². The predicted octanol–water partition coefficient (Wildman–Crippen LogP) is 7.78. The van der Waals surface area contributed by atoms with E-state index in [2.05, 4.69) is 94.8 Å². The largest absolute Gasteiger partial charge is 0.0795 e. The van der Waals surface area contributed by atoms with Gasteiger partial charge in [0.2, 0.25) is 0 Å². The van der Waals surface area contributed by atoms with Crippen LogP contribution in [0.1, 0.15) is 23.1 Å². The molecule has 6 rings (SSSR count). The van der Waals surface area contributed by atoms with E-state index in [0.29, 0.717) is 0 Å². The van der Waals surface area contributed by atoms with E-state index in [1.54, 1.807) is 0 Å². The Labute approximate surface area is 167 Å². The molecule has 2 aliphatic rings. The molecule has 0 aliphatic heterocycles. The molecule has 0 saturated carbocycles. The van der Waals surface area contributed by atoms with Gasteiger partial charge in [-0.05, 0) is 73.8 Å². The van der Waals surface area contributed by atoms with Crippen molar-refractivity contribution in [2.75, 3.05) is 0 Å². The third kappa shape index (κ3) is 2.15. The summed E-state index contributed by atoms with van der Waals surface area (Å²) in [7, 11) is 0. The molecule has 0 spiro atoms. The summed E-state index contributed by atoms with van der Waals surface area (Å²) >= 11 is 3.72. The summed E-state index contributed by atoms with van der Waals surface area (Å²) in [5.41, 5.74) is 8.47. The van der Waals surface area contributed by atoms with Crippen LogP contribution in [-0.4, -0.2) is 0 Å². The van der Waals surface area contributed by atoms with Crippen molar-refractivity contribution < 1.29 is 0 Å². The number of halogens is 1. The van der Waals surface area contributed by atoms with Gasteiger partial charge in [0.1, 0.15) is 0 Å². The Balaban J connectivity index is 1.73. The van der Waals surface area contributed by atoms with Crippen LogP contribution in [0.25, 0.3) is 44.3 Å². The van der Waals surface area contributed by atoms with Crippen molar-refractivity contribution in [2.24, 2.45) is 0 Å². The summed E-state index contributed by atoms with van der Waals surface area (Å²) < 4.78 is 1.15. The second-order valence-corrected chi connectivity index (χ2v) is 8.25. The quantitative estimate of drug-likeness (QED) is 0.301. The zero-order valence-corrected chi connectivity index (χ0v) is 16.4. The molecule has 128 valence electrons. The van der Waals surface area contributed by atoms with Gasteiger partial charge in [0.25, 0.3) is 0 Å². The van der Waals surface area contributed by atoms with Gasteiger partial charge in [0, 0.05) is 4.47 Å². The molecule has 27 heavy (non-hydrogen) atoms. The van der Waals surface area contributed by atoms with Gasteiger partial charge >= 0.3 is 0 Å². The maximum atomic E-state index is 3.72. The zero-order chi connectivity index (χ0) is 18.0.